The third kappa shape index (κ3) is 5.40. The van der Waals surface area contributed by atoms with Gasteiger partial charge in [-0.15, -0.1) is 12.4 Å². The highest BCUT2D eigenvalue weighted by Crippen LogP contribution is 2.27. The number of rotatable bonds is 8. The number of nitrogens with one attached hydrogen (secondary N) is 1. The van der Waals surface area contributed by atoms with Crippen LogP contribution in [0.15, 0.2) is 30.9 Å². The van der Waals surface area contributed by atoms with Gasteiger partial charge in [-0.05, 0) is 17.7 Å². The van der Waals surface area contributed by atoms with Gasteiger partial charge >= 0.3 is 0 Å². The van der Waals surface area contributed by atoms with Gasteiger partial charge in [0.1, 0.15) is 6.61 Å². The number of hydrogen-bond donors (Lipinski definition) is 2. The van der Waals surface area contributed by atoms with Crippen LogP contribution in [0.2, 0.25) is 0 Å². The molecule has 1 rings (SSSR count). The van der Waals surface area contributed by atoms with E-state index in [4.69, 9.17) is 14.6 Å². The number of aliphatic hydroxyl groups excluding tert-OH is 1. The Bertz CT molecular complexity index is 358. The Morgan fingerprint density at radius 3 is 2.78 bits per heavy atom. The number of halogens is 1. The van der Waals surface area contributed by atoms with E-state index in [-0.39, 0.29) is 19.0 Å². The molecule has 18 heavy (non-hydrogen) atoms. The van der Waals surface area contributed by atoms with Crippen LogP contribution in [0.25, 0.3) is 0 Å². The van der Waals surface area contributed by atoms with E-state index in [1.54, 1.807) is 13.2 Å². The molecule has 0 bridgehead atoms. The molecule has 1 aromatic carbocycles. The lowest BCUT2D eigenvalue weighted by molar-refractivity contribution is 0.292. The third-order valence-electron chi connectivity index (χ3n) is 2.20. The molecule has 2 N–H and O–H groups in total. The Balaban J connectivity index is 0.00000289. The van der Waals surface area contributed by atoms with Crippen LogP contribution in [0, 0.1) is 0 Å². The van der Waals surface area contributed by atoms with Crippen molar-refractivity contribution < 1.29 is 14.6 Å². The summed E-state index contributed by atoms with van der Waals surface area (Å²) in [4.78, 5) is 0. The first-order valence-corrected chi connectivity index (χ1v) is 5.54. The van der Waals surface area contributed by atoms with Gasteiger partial charge in [0.05, 0.1) is 13.7 Å². The van der Waals surface area contributed by atoms with Crippen molar-refractivity contribution >= 4 is 12.4 Å². The number of ether oxygens (including phenoxy) is 2. The van der Waals surface area contributed by atoms with E-state index in [9.17, 15) is 0 Å². The highest BCUT2D eigenvalue weighted by atomic mass is 35.5. The summed E-state index contributed by atoms with van der Waals surface area (Å²) in [5, 5.41) is 11.8. The van der Waals surface area contributed by atoms with E-state index in [0.29, 0.717) is 31.2 Å². The minimum Gasteiger partial charge on any atom is -0.493 e. The summed E-state index contributed by atoms with van der Waals surface area (Å²) in [5.74, 6) is 1.41. The zero-order valence-electron chi connectivity index (χ0n) is 10.5. The van der Waals surface area contributed by atoms with Crippen molar-refractivity contribution in [3.05, 3.63) is 36.4 Å². The first-order chi connectivity index (χ1) is 8.31. The summed E-state index contributed by atoms with van der Waals surface area (Å²) in [5.41, 5.74) is 1.08. The fourth-order valence-corrected chi connectivity index (χ4v) is 1.40. The topological polar surface area (TPSA) is 50.7 Å². The first-order valence-electron chi connectivity index (χ1n) is 5.54. The van der Waals surface area contributed by atoms with Gasteiger partial charge in [-0.25, -0.2) is 0 Å². The molecule has 1 aromatic rings. The van der Waals surface area contributed by atoms with Crippen molar-refractivity contribution in [1.29, 1.82) is 0 Å². The summed E-state index contributed by atoms with van der Waals surface area (Å²) in [6, 6.07) is 5.76. The predicted octanol–water partition coefficient (Wildman–Crippen LogP) is 1.76. The second-order valence-electron chi connectivity index (χ2n) is 3.49. The minimum absolute atomic E-state index is 0. The molecule has 0 aliphatic heterocycles. The summed E-state index contributed by atoms with van der Waals surface area (Å²) >= 11 is 0. The molecule has 0 radical (unpaired) electrons. The van der Waals surface area contributed by atoms with Gasteiger partial charge in [0.15, 0.2) is 11.5 Å². The number of benzene rings is 1. The van der Waals surface area contributed by atoms with Gasteiger partial charge in [0, 0.05) is 13.1 Å². The molecule has 0 fully saturated rings. The standard InChI is InChI=1S/C13H19NO3.ClH/c1-3-8-17-12-5-4-11(9-13(12)16-2)10-14-6-7-15;/h3-5,9,14-15H,1,6-8,10H2,2H3;1H. The molecule has 0 unspecified atom stereocenters. The van der Waals surface area contributed by atoms with Gasteiger partial charge in [-0.3, -0.25) is 0 Å². The molecule has 0 saturated heterocycles. The molecule has 0 aliphatic rings. The van der Waals surface area contributed by atoms with E-state index >= 15 is 0 Å². The Morgan fingerprint density at radius 1 is 1.39 bits per heavy atom. The maximum atomic E-state index is 8.67. The van der Waals surface area contributed by atoms with Gasteiger partial charge in [-0.2, -0.15) is 0 Å². The highest BCUT2D eigenvalue weighted by Gasteiger charge is 2.04. The lowest BCUT2D eigenvalue weighted by atomic mass is 10.2. The number of aliphatic hydroxyl groups is 1. The molecule has 0 aromatic heterocycles. The maximum absolute atomic E-state index is 8.67. The second-order valence-corrected chi connectivity index (χ2v) is 3.49. The van der Waals surface area contributed by atoms with E-state index in [1.807, 2.05) is 18.2 Å². The normalized spacial score (nSPS) is 9.44. The average molecular weight is 274 g/mol. The predicted molar refractivity (Wildman–Crippen MR) is 74.7 cm³/mol. The average Bonchev–Trinajstić information content (AvgIpc) is 2.37. The molecule has 0 heterocycles. The van der Waals surface area contributed by atoms with Gasteiger partial charge in [0.25, 0.3) is 0 Å². The summed E-state index contributed by atoms with van der Waals surface area (Å²) in [7, 11) is 1.61. The zero-order valence-corrected chi connectivity index (χ0v) is 11.3. The van der Waals surface area contributed by atoms with Crippen molar-refractivity contribution in [3.63, 3.8) is 0 Å². The fourth-order valence-electron chi connectivity index (χ4n) is 1.40. The number of hydrogen-bond acceptors (Lipinski definition) is 4. The monoisotopic (exact) mass is 273 g/mol. The summed E-state index contributed by atoms with van der Waals surface area (Å²) in [6.45, 7) is 5.47. The quantitative estimate of drug-likeness (QED) is 0.560. The van der Waals surface area contributed by atoms with Crippen LogP contribution >= 0.6 is 12.4 Å². The van der Waals surface area contributed by atoms with Crippen LogP contribution in [0.3, 0.4) is 0 Å². The Hall–Kier alpha value is -1.23. The van der Waals surface area contributed by atoms with E-state index < -0.39 is 0 Å². The SMILES string of the molecule is C=CCOc1ccc(CNCCO)cc1OC.Cl. The molecular weight excluding hydrogens is 254 g/mol. The molecule has 4 nitrogen and oxygen atoms in total. The maximum Gasteiger partial charge on any atom is 0.161 e. The van der Waals surface area contributed by atoms with Gasteiger partial charge in [0.2, 0.25) is 0 Å². The molecule has 0 atom stereocenters. The Kier molecular flexibility index (Phi) is 9.10. The van der Waals surface area contributed by atoms with E-state index in [1.165, 1.54) is 0 Å². The van der Waals surface area contributed by atoms with Crippen LogP contribution in [0.1, 0.15) is 5.56 Å². The highest BCUT2D eigenvalue weighted by molar-refractivity contribution is 5.85. The van der Waals surface area contributed by atoms with Crippen LogP contribution < -0.4 is 14.8 Å². The van der Waals surface area contributed by atoms with Crippen molar-refractivity contribution in [2.24, 2.45) is 0 Å². The van der Waals surface area contributed by atoms with Crippen LogP contribution in [-0.4, -0.2) is 32.0 Å². The van der Waals surface area contributed by atoms with Crippen LogP contribution in [0.4, 0.5) is 0 Å². The minimum atomic E-state index is 0. The van der Waals surface area contributed by atoms with Crippen molar-refractivity contribution in [3.8, 4) is 11.5 Å². The number of methoxy groups -OCH3 is 1. The molecule has 0 spiro atoms. The smallest absolute Gasteiger partial charge is 0.161 e. The largest absolute Gasteiger partial charge is 0.493 e. The lowest BCUT2D eigenvalue weighted by Gasteiger charge is -2.11. The lowest BCUT2D eigenvalue weighted by Crippen LogP contribution is -2.17. The van der Waals surface area contributed by atoms with Gasteiger partial charge < -0.3 is 19.9 Å². The zero-order chi connectivity index (χ0) is 12.5. The van der Waals surface area contributed by atoms with Crippen molar-refractivity contribution in [2.75, 3.05) is 26.9 Å². The molecule has 5 heteroatoms. The fraction of sp³-hybridized carbons (Fsp3) is 0.385. The molecule has 0 saturated carbocycles. The summed E-state index contributed by atoms with van der Waals surface area (Å²) in [6.07, 6.45) is 1.69. The molecule has 0 aliphatic carbocycles. The summed E-state index contributed by atoms with van der Waals surface area (Å²) < 4.78 is 10.7. The van der Waals surface area contributed by atoms with Gasteiger partial charge in [-0.1, -0.05) is 18.7 Å². The first kappa shape index (κ1) is 16.8. The van der Waals surface area contributed by atoms with Crippen molar-refractivity contribution in [1.82, 2.24) is 5.32 Å². The molecular formula is C13H20ClNO3. The molecule has 0 amide bonds. The third-order valence-corrected chi connectivity index (χ3v) is 2.20. The van der Waals surface area contributed by atoms with Crippen molar-refractivity contribution in [2.45, 2.75) is 6.54 Å². The van der Waals surface area contributed by atoms with E-state index in [0.717, 1.165) is 5.56 Å². The second kappa shape index (κ2) is 9.76. The Labute approximate surface area is 114 Å². The Morgan fingerprint density at radius 2 is 2.17 bits per heavy atom. The van der Waals surface area contributed by atoms with E-state index in [2.05, 4.69) is 11.9 Å². The van der Waals surface area contributed by atoms with Crippen LogP contribution in [-0.2, 0) is 6.54 Å². The molecule has 102 valence electrons. The van der Waals surface area contributed by atoms with Crippen LogP contribution in [0.5, 0.6) is 11.5 Å².